The number of aromatic amines is 1. The van der Waals surface area contributed by atoms with Crippen molar-refractivity contribution < 1.29 is 0 Å². The van der Waals surface area contributed by atoms with Gasteiger partial charge in [-0.1, -0.05) is 6.07 Å². The van der Waals surface area contributed by atoms with Crippen LogP contribution in [0.15, 0.2) is 43.1 Å². The van der Waals surface area contributed by atoms with Crippen molar-refractivity contribution in [3.05, 3.63) is 54.4 Å². The van der Waals surface area contributed by atoms with Crippen molar-refractivity contribution in [2.45, 2.75) is 5.92 Å². The molecule has 0 aliphatic heterocycles. The molecule has 90 valence electrons. The van der Waals surface area contributed by atoms with Gasteiger partial charge in [-0.15, -0.1) is 0 Å². The number of imidazole rings is 1. The molecular weight excluding hydrogens is 226 g/mol. The average molecular weight is 239 g/mol. The summed E-state index contributed by atoms with van der Waals surface area (Å²) < 4.78 is 0. The first-order valence-corrected chi connectivity index (χ1v) is 5.77. The molecule has 0 bridgehead atoms. The van der Waals surface area contributed by atoms with Gasteiger partial charge < -0.3 is 10.7 Å². The van der Waals surface area contributed by atoms with Crippen LogP contribution in [0.4, 0.5) is 0 Å². The zero-order chi connectivity index (χ0) is 12.4. The number of hydrogen-bond acceptors (Lipinski definition) is 4. The summed E-state index contributed by atoms with van der Waals surface area (Å²) in [7, 11) is 0. The lowest BCUT2D eigenvalue weighted by atomic mass is 9.95. The van der Waals surface area contributed by atoms with Gasteiger partial charge in [0.15, 0.2) is 0 Å². The van der Waals surface area contributed by atoms with E-state index in [1.54, 1.807) is 18.9 Å². The predicted molar refractivity (Wildman–Crippen MR) is 69.0 cm³/mol. The van der Waals surface area contributed by atoms with E-state index in [2.05, 4.69) is 26.0 Å². The number of hydrogen-bond donors (Lipinski definition) is 2. The molecule has 2 aromatic heterocycles. The maximum Gasteiger partial charge on any atom is 0.115 e. The summed E-state index contributed by atoms with van der Waals surface area (Å²) >= 11 is 0. The quantitative estimate of drug-likeness (QED) is 0.724. The summed E-state index contributed by atoms with van der Waals surface area (Å²) in [6.45, 7) is 0.511. The molecule has 0 radical (unpaired) electrons. The van der Waals surface area contributed by atoms with E-state index in [1.807, 2.05) is 18.2 Å². The summed E-state index contributed by atoms with van der Waals surface area (Å²) in [6, 6.07) is 8.00. The van der Waals surface area contributed by atoms with Gasteiger partial charge in [-0.2, -0.15) is 0 Å². The molecule has 18 heavy (non-hydrogen) atoms. The van der Waals surface area contributed by atoms with Gasteiger partial charge in [-0.05, 0) is 23.8 Å². The molecule has 5 nitrogen and oxygen atoms in total. The highest BCUT2D eigenvalue weighted by atomic mass is 14.9. The van der Waals surface area contributed by atoms with E-state index in [0.717, 1.165) is 22.3 Å². The Labute approximate surface area is 104 Å². The highest BCUT2D eigenvalue weighted by molar-refractivity contribution is 5.75. The fourth-order valence-corrected chi connectivity index (χ4v) is 2.10. The third kappa shape index (κ3) is 1.84. The third-order valence-electron chi connectivity index (χ3n) is 3.04. The van der Waals surface area contributed by atoms with Crippen LogP contribution in [0.2, 0.25) is 0 Å². The minimum atomic E-state index is 0.0840. The van der Waals surface area contributed by atoms with Gasteiger partial charge in [0.05, 0.1) is 23.1 Å². The summed E-state index contributed by atoms with van der Waals surface area (Å²) in [6.07, 6.45) is 4.98. The molecule has 1 atom stereocenters. The van der Waals surface area contributed by atoms with Gasteiger partial charge in [-0.3, -0.25) is 0 Å². The van der Waals surface area contributed by atoms with Crippen LogP contribution >= 0.6 is 0 Å². The average Bonchev–Trinajstić information content (AvgIpc) is 2.88. The van der Waals surface area contributed by atoms with E-state index in [4.69, 9.17) is 5.73 Å². The van der Waals surface area contributed by atoms with Crippen LogP contribution in [0, 0.1) is 0 Å². The first-order valence-electron chi connectivity index (χ1n) is 5.77. The number of aromatic nitrogens is 4. The second kappa shape index (κ2) is 4.54. The highest BCUT2D eigenvalue weighted by Gasteiger charge is 2.14. The van der Waals surface area contributed by atoms with E-state index < -0.39 is 0 Å². The Kier molecular flexibility index (Phi) is 2.74. The van der Waals surface area contributed by atoms with Crippen LogP contribution in [-0.2, 0) is 0 Å². The van der Waals surface area contributed by atoms with E-state index in [-0.39, 0.29) is 5.92 Å². The van der Waals surface area contributed by atoms with Crippen LogP contribution in [0.25, 0.3) is 11.0 Å². The number of fused-ring (bicyclic) bond motifs is 1. The van der Waals surface area contributed by atoms with Crippen molar-refractivity contribution in [1.29, 1.82) is 0 Å². The smallest absolute Gasteiger partial charge is 0.115 e. The van der Waals surface area contributed by atoms with Gasteiger partial charge in [0.2, 0.25) is 0 Å². The second-order valence-electron chi connectivity index (χ2n) is 4.10. The van der Waals surface area contributed by atoms with Crippen molar-refractivity contribution in [2.24, 2.45) is 5.73 Å². The third-order valence-corrected chi connectivity index (χ3v) is 3.04. The number of rotatable bonds is 3. The summed E-state index contributed by atoms with van der Waals surface area (Å²) in [5.74, 6) is 0.0840. The molecule has 0 amide bonds. The van der Waals surface area contributed by atoms with E-state index in [1.165, 1.54) is 0 Å². The molecule has 0 aliphatic carbocycles. The van der Waals surface area contributed by atoms with Gasteiger partial charge in [0, 0.05) is 18.7 Å². The monoisotopic (exact) mass is 239 g/mol. The molecule has 2 heterocycles. The maximum absolute atomic E-state index is 5.87. The molecule has 0 aliphatic rings. The van der Waals surface area contributed by atoms with Crippen LogP contribution in [0.3, 0.4) is 0 Å². The molecular formula is C13H13N5. The Morgan fingerprint density at radius 3 is 2.94 bits per heavy atom. The fraction of sp³-hybridized carbons (Fsp3) is 0.154. The summed E-state index contributed by atoms with van der Waals surface area (Å²) in [5, 5.41) is 0. The van der Waals surface area contributed by atoms with Gasteiger partial charge in [-0.25, -0.2) is 15.0 Å². The lowest BCUT2D eigenvalue weighted by Crippen LogP contribution is -2.15. The van der Waals surface area contributed by atoms with Crippen molar-refractivity contribution in [3.8, 4) is 0 Å². The number of nitrogens with one attached hydrogen (secondary N) is 1. The van der Waals surface area contributed by atoms with Crippen LogP contribution in [-0.4, -0.2) is 26.5 Å². The second-order valence-corrected chi connectivity index (χ2v) is 4.10. The number of benzene rings is 1. The molecule has 1 aromatic carbocycles. The Morgan fingerprint density at radius 1 is 1.22 bits per heavy atom. The summed E-state index contributed by atoms with van der Waals surface area (Å²) in [5.41, 5.74) is 9.91. The molecule has 0 saturated carbocycles. The first kappa shape index (κ1) is 10.9. The molecule has 0 fully saturated rings. The van der Waals surface area contributed by atoms with E-state index >= 15 is 0 Å². The largest absolute Gasteiger partial charge is 0.345 e. The number of nitrogens with two attached hydrogens (primary N) is 1. The minimum Gasteiger partial charge on any atom is -0.345 e. The zero-order valence-electron chi connectivity index (χ0n) is 9.74. The minimum absolute atomic E-state index is 0.0840. The normalized spacial score (nSPS) is 12.7. The zero-order valence-corrected chi connectivity index (χ0v) is 9.74. The van der Waals surface area contributed by atoms with Crippen molar-refractivity contribution in [1.82, 2.24) is 19.9 Å². The van der Waals surface area contributed by atoms with Crippen molar-refractivity contribution in [2.75, 3.05) is 6.54 Å². The van der Waals surface area contributed by atoms with E-state index in [0.29, 0.717) is 6.54 Å². The standard InChI is InChI=1S/C13H13N5/c14-6-10(11-3-4-15-7-16-11)9-1-2-12-13(5-9)18-8-17-12/h1-5,7-8,10H,6,14H2,(H,17,18). The molecule has 3 N–H and O–H groups in total. The lowest BCUT2D eigenvalue weighted by Gasteiger charge is -2.14. The Hall–Kier alpha value is -2.27. The Balaban J connectivity index is 2.05. The van der Waals surface area contributed by atoms with Crippen LogP contribution in [0.1, 0.15) is 17.2 Å². The number of H-pyrrole nitrogens is 1. The van der Waals surface area contributed by atoms with Crippen LogP contribution in [0.5, 0.6) is 0 Å². The van der Waals surface area contributed by atoms with Crippen molar-refractivity contribution >= 4 is 11.0 Å². The lowest BCUT2D eigenvalue weighted by molar-refractivity contribution is 0.782. The molecule has 0 saturated heterocycles. The fourth-order valence-electron chi connectivity index (χ4n) is 2.10. The van der Waals surface area contributed by atoms with Crippen LogP contribution < -0.4 is 5.73 Å². The van der Waals surface area contributed by atoms with Gasteiger partial charge in [0.1, 0.15) is 6.33 Å². The molecule has 0 spiro atoms. The Bertz CT molecular complexity index is 647. The summed E-state index contributed by atoms with van der Waals surface area (Å²) in [4.78, 5) is 15.5. The Morgan fingerprint density at radius 2 is 2.17 bits per heavy atom. The maximum atomic E-state index is 5.87. The molecule has 3 rings (SSSR count). The first-order chi connectivity index (χ1) is 8.88. The topological polar surface area (TPSA) is 80.5 Å². The molecule has 5 heteroatoms. The molecule has 1 unspecified atom stereocenters. The van der Waals surface area contributed by atoms with Crippen molar-refractivity contribution in [3.63, 3.8) is 0 Å². The predicted octanol–water partition coefficient (Wildman–Crippen LogP) is 1.44. The number of nitrogens with zero attached hydrogens (tertiary/aromatic N) is 3. The van der Waals surface area contributed by atoms with Gasteiger partial charge in [0.25, 0.3) is 0 Å². The van der Waals surface area contributed by atoms with Gasteiger partial charge >= 0.3 is 0 Å². The highest BCUT2D eigenvalue weighted by Crippen LogP contribution is 2.24. The van der Waals surface area contributed by atoms with E-state index in [9.17, 15) is 0 Å². The molecule has 3 aromatic rings. The SMILES string of the molecule is NCC(c1ccc2nc[nH]c2c1)c1ccncn1.